The Morgan fingerprint density at radius 2 is 2.08 bits per heavy atom. The number of anilines is 1. The van der Waals surface area contributed by atoms with Crippen LogP contribution in [0, 0.1) is 0 Å². The van der Waals surface area contributed by atoms with Gasteiger partial charge in [-0.05, 0) is 25.0 Å². The molecule has 0 radical (unpaired) electrons. The van der Waals surface area contributed by atoms with E-state index in [1.807, 2.05) is 6.07 Å². The van der Waals surface area contributed by atoms with E-state index in [2.05, 4.69) is 34.5 Å². The zero-order valence-electron chi connectivity index (χ0n) is 13.8. The largest absolute Gasteiger partial charge is 0.355 e. The lowest BCUT2D eigenvalue weighted by Gasteiger charge is -2.05. The van der Waals surface area contributed by atoms with Gasteiger partial charge in [0.15, 0.2) is 11.5 Å². The number of benzene rings is 1. The fraction of sp³-hybridized carbons (Fsp3) is 0.294. The molecule has 2 aromatic heterocycles. The first-order valence-corrected chi connectivity index (χ1v) is 9.17. The lowest BCUT2D eigenvalue weighted by Crippen LogP contribution is -2.11. The summed E-state index contributed by atoms with van der Waals surface area (Å²) >= 11 is 7.36. The topological polar surface area (TPSA) is 80.9 Å². The number of carbonyl (C=O) groups is 1. The van der Waals surface area contributed by atoms with Gasteiger partial charge >= 0.3 is 0 Å². The molecule has 2 heterocycles. The molecule has 3 rings (SSSR count). The van der Waals surface area contributed by atoms with Crippen LogP contribution in [0.2, 0.25) is 5.02 Å². The van der Waals surface area contributed by atoms with Gasteiger partial charge in [-0.3, -0.25) is 10.1 Å². The molecule has 1 amide bonds. The van der Waals surface area contributed by atoms with Crippen LogP contribution in [0.15, 0.2) is 34.9 Å². The minimum Gasteiger partial charge on any atom is -0.355 e. The molecule has 0 aliphatic carbocycles. The number of rotatable bonds is 6. The molecule has 0 unspecified atom stereocenters. The third-order valence-electron chi connectivity index (χ3n) is 3.85. The molecule has 0 bridgehead atoms. The van der Waals surface area contributed by atoms with E-state index >= 15 is 0 Å². The van der Waals surface area contributed by atoms with E-state index < -0.39 is 0 Å². The van der Waals surface area contributed by atoms with Gasteiger partial charge in [0.05, 0.1) is 0 Å². The second kappa shape index (κ2) is 7.76. The smallest absolute Gasteiger partial charge is 0.279 e. The van der Waals surface area contributed by atoms with Crippen LogP contribution in [-0.4, -0.2) is 21.3 Å². The van der Waals surface area contributed by atoms with Crippen LogP contribution in [0.25, 0.3) is 11.3 Å². The normalized spacial score (nSPS) is 11.0. The highest BCUT2D eigenvalue weighted by Crippen LogP contribution is 2.28. The van der Waals surface area contributed by atoms with Crippen LogP contribution in [0.1, 0.15) is 48.1 Å². The number of aromatic nitrogens is 3. The zero-order chi connectivity index (χ0) is 17.8. The first-order chi connectivity index (χ1) is 12.1. The number of carbonyl (C=O) groups excluding carboxylic acids is 1. The number of hydrogen-bond donors (Lipinski definition) is 1. The van der Waals surface area contributed by atoms with Gasteiger partial charge in [-0.15, -0.1) is 10.2 Å². The third-order valence-corrected chi connectivity index (χ3v) is 5.08. The van der Waals surface area contributed by atoms with Crippen molar-refractivity contribution in [2.45, 2.75) is 32.6 Å². The number of halogens is 1. The van der Waals surface area contributed by atoms with Gasteiger partial charge in [-0.2, -0.15) is 0 Å². The van der Waals surface area contributed by atoms with E-state index in [9.17, 15) is 4.79 Å². The SMILES string of the molecule is CCC(CC)c1nnc(NC(=O)c2cc(-c3cccc(Cl)c3)on2)s1. The van der Waals surface area contributed by atoms with Gasteiger partial charge in [0.1, 0.15) is 5.01 Å². The second-order valence-electron chi connectivity index (χ2n) is 5.50. The zero-order valence-corrected chi connectivity index (χ0v) is 15.4. The Morgan fingerprint density at radius 1 is 1.28 bits per heavy atom. The van der Waals surface area contributed by atoms with E-state index in [4.69, 9.17) is 16.1 Å². The predicted octanol–water partition coefficient (Wildman–Crippen LogP) is 5.00. The van der Waals surface area contributed by atoms with Crippen LogP contribution in [0.4, 0.5) is 5.13 Å². The Labute approximate surface area is 154 Å². The summed E-state index contributed by atoms with van der Waals surface area (Å²) < 4.78 is 5.24. The number of amides is 1. The second-order valence-corrected chi connectivity index (χ2v) is 6.95. The Kier molecular flexibility index (Phi) is 5.45. The minimum atomic E-state index is -0.385. The van der Waals surface area contributed by atoms with Crippen LogP contribution in [-0.2, 0) is 0 Å². The van der Waals surface area contributed by atoms with Gasteiger partial charge in [-0.25, -0.2) is 0 Å². The van der Waals surface area contributed by atoms with E-state index in [1.165, 1.54) is 11.3 Å². The maximum absolute atomic E-state index is 12.3. The van der Waals surface area contributed by atoms with Crippen molar-refractivity contribution in [3.63, 3.8) is 0 Å². The molecule has 25 heavy (non-hydrogen) atoms. The summed E-state index contributed by atoms with van der Waals surface area (Å²) in [6.07, 6.45) is 1.98. The summed E-state index contributed by atoms with van der Waals surface area (Å²) in [5.74, 6) is 0.455. The van der Waals surface area contributed by atoms with Crippen molar-refractivity contribution in [2.24, 2.45) is 0 Å². The molecule has 0 spiro atoms. The molecule has 1 aromatic carbocycles. The van der Waals surface area contributed by atoms with Crippen LogP contribution in [0.5, 0.6) is 0 Å². The van der Waals surface area contributed by atoms with Crippen molar-refractivity contribution in [1.29, 1.82) is 0 Å². The van der Waals surface area contributed by atoms with Crippen molar-refractivity contribution < 1.29 is 9.32 Å². The highest BCUT2D eigenvalue weighted by Gasteiger charge is 2.18. The first-order valence-electron chi connectivity index (χ1n) is 7.98. The van der Waals surface area contributed by atoms with Crippen molar-refractivity contribution in [1.82, 2.24) is 15.4 Å². The summed E-state index contributed by atoms with van der Waals surface area (Å²) in [4.78, 5) is 12.3. The van der Waals surface area contributed by atoms with E-state index in [1.54, 1.807) is 24.3 Å². The Balaban J connectivity index is 1.72. The Hall–Kier alpha value is -2.25. The maximum Gasteiger partial charge on any atom is 0.279 e. The molecule has 0 atom stereocenters. The number of nitrogens with one attached hydrogen (secondary N) is 1. The summed E-state index contributed by atoms with van der Waals surface area (Å²) in [7, 11) is 0. The molecule has 130 valence electrons. The van der Waals surface area contributed by atoms with E-state index in [0.29, 0.717) is 21.8 Å². The summed E-state index contributed by atoms with van der Waals surface area (Å²) in [5.41, 5.74) is 0.931. The van der Waals surface area contributed by atoms with Gasteiger partial charge in [0.2, 0.25) is 5.13 Å². The summed E-state index contributed by atoms with van der Waals surface area (Å²) in [6.45, 7) is 4.22. The van der Waals surface area contributed by atoms with Crippen molar-refractivity contribution in [3.8, 4) is 11.3 Å². The average Bonchev–Trinajstić information content (AvgIpc) is 3.26. The lowest BCUT2D eigenvalue weighted by molar-refractivity contribution is 0.101. The molecule has 1 N–H and O–H groups in total. The van der Waals surface area contributed by atoms with Crippen LogP contribution >= 0.6 is 22.9 Å². The predicted molar refractivity (Wildman–Crippen MR) is 98.1 cm³/mol. The lowest BCUT2D eigenvalue weighted by atomic mass is 10.1. The van der Waals surface area contributed by atoms with Gasteiger partial charge < -0.3 is 4.52 Å². The molecule has 6 nitrogen and oxygen atoms in total. The van der Waals surface area contributed by atoms with Crippen LogP contribution < -0.4 is 5.32 Å². The number of hydrogen-bond acceptors (Lipinski definition) is 6. The standard InChI is InChI=1S/C17H17ClN4O2S/c1-3-10(4-2)16-20-21-17(25-16)19-15(23)13-9-14(24-22-13)11-6-5-7-12(18)8-11/h5-10H,3-4H2,1-2H3,(H,19,21,23). The molecule has 3 aromatic rings. The van der Waals surface area contributed by atoms with Gasteiger partial charge in [-0.1, -0.05) is 54.1 Å². The Morgan fingerprint density at radius 3 is 2.80 bits per heavy atom. The summed E-state index contributed by atoms with van der Waals surface area (Å²) in [6, 6.07) is 8.73. The highest BCUT2D eigenvalue weighted by molar-refractivity contribution is 7.15. The van der Waals surface area contributed by atoms with E-state index in [-0.39, 0.29) is 11.6 Å². The minimum absolute atomic E-state index is 0.175. The van der Waals surface area contributed by atoms with Crippen molar-refractivity contribution in [2.75, 3.05) is 5.32 Å². The quantitative estimate of drug-likeness (QED) is 0.654. The molecule has 0 aliphatic rings. The highest BCUT2D eigenvalue weighted by atomic mass is 35.5. The molecule has 0 aliphatic heterocycles. The molecular weight excluding hydrogens is 360 g/mol. The first kappa shape index (κ1) is 17.6. The Bertz CT molecular complexity index is 873. The molecule has 0 fully saturated rings. The van der Waals surface area contributed by atoms with Crippen molar-refractivity contribution >= 4 is 34.0 Å². The van der Waals surface area contributed by atoms with E-state index in [0.717, 1.165) is 23.4 Å². The maximum atomic E-state index is 12.3. The molecule has 8 heteroatoms. The molecule has 0 saturated heterocycles. The van der Waals surface area contributed by atoms with Gasteiger partial charge in [0.25, 0.3) is 5.91 Å². The number of nitrogens with zero attached hydrogens (tertiary/aromatic N) is 3. The monoisotopic (exact) mass is 376 g/mol. The summed E-state index contributed by atoms with van der Waals surface area (Å²) in [5, 5.41) is 16.7. The molecule has 0 saturated carbocycles. The van der Waals surface area contributed by atoms with Crippen molar-refractivity contribution in [3.05, 3.63) is 46.1 Å². The molecular formula is C17H17ClN4O2S. The fourth-order valence-corrected chi connectivity index (χ4v) is 3.60. The fourth-order valence-electron chi connectivity index (χ4n) is 2.41. The third kappa shape index (κ3) is 4.05. The average molecular weight is 377 g/mol. The van der Waals surface area contributed by atoms with Gasteiger partial charge in [0, 0.05) is 22.6 Å². The van der Waals surface area contributed by atoms with Crippen LogP contribution in [0.3, 0.4) is 0 Å².